The summed E-state index contributed by atoms with van der Waals surface area (Å²) < 4.78 is 24.1. The fourth-order valence-corrected chi connectivity index (χ4v) is 10.7. The second kappa shape index (κ2) is 12.8. The topological polar surface area (TPSA) is 125 Å². The molecule has 0 aromatic heterocycles. The van der Waals surface area contributed by atoms with Gasteiger partial charge in [0.05, 0.1) is 21.8 Å². The predicted molar refractivity (Wildman–Crippen MR) is 184 cm³/mol. The van der Waals surface area contributed by atoms with E-state index < -0.39 is 50.7 Å². The molecular weight excluding hydrogens is 624 g/mol. The summed E-state index contributed by atoms with van der Waals surface area (Å²) in [4.78, 5) is 49.7. The highest BCUT2D eigenvalue weighted by Gasteiger charge is 2.64. The van der Waals surface area contributed by atoms with E-state index in [9.17, 15) is 24.3 Å². The van der Waals surface area contributed by atoms with Crippen LogP contribution in [-0.4, -0.2) is 57.5 Å². The molecule has 5 atom stereocenters. The highest BCUT2D eigenvalue weighted by molar-refractivity contribution is 5.79. The number of hydrogen-bond donors (Lipinski definition) is 1. The molecule has 0 radical (unpaired) electrons. The van der Waals surface area contributed by atoms with Gasteiger partial charge in [-0.3, -0.25) is 14.4 Å². The van der Waals surface area contributed by atoms with E-state index in [-0.39, 0.29) is 17.9 Å². The van der Waals surface area contributed by atoms with Crippen molar-refractivity contribution < 1.29 is 43.2 Å². The molecule has 8 aliphatic rings. The first kappa shape index (κ1) is 38.1. The first-order valence-corrected chi connectivity index (χ1v) is 19.1. The minimum Gasteiger partial charge on any atom is -0.479 e. The largest absolute Gasteiger partial charge is 0.479 e. The molecule has 0 amide bonds. The molecule has 1 N–H and O–H groups in total. The third kappa shape index (κ3) is 7.86. The minimum atomic E-state index is -0.927. The minimum absolute atomic E-state index is 0.0794. The summed E-state index contributed by atoms with van der Waals surface area (Å²) in [5.41, 5.74) is -3.22. The van der Waals surface area contributed by atoms with Crippen LogP contribution in [0.4, 0.5) is 0 Å². The number of carbonyl (C=O) groups excluding carboxylic acids is 3. The first-order valence-electron chi connectivity index (χ1n) is 19.1. The normalized spacial score (nSPS) is 37.9. The predicted octanol–water partition coefficient (Wildman–Crippen LogP) is 8.19. The molecule has 9 nitrogen and oxygen atoms in total. The maximum absolute atomic E-state index is 13.0. The van der Waals surface area contributed by atoms with Crippen molar-refractivity contribution in [1.82, 2.24) is 0 Å². The van der Waals surface area contributed by atoms with E-state index in [0.29, 0.717) is 36.5 Å². The van der Waals surface area contributed by atoms with Gasteiger partial charge >= 0.3 is 23.9 Å². The van der Waals surface area contributed by atoms with Crippen LogP contribution in [0.1, 0.15) is 159 Å². The third-order valence-electron chi connectivity index (χ3n) is 13.1. The van der Waals surface area contributed by atoms with Gasteiger partial charge in [-0.1, -0.05) is 13.8 Å². The van der Waals surface area contributed by atoms with Crippen molar-refractivity contribution in [2.24, 2.45) is 39.9 Å². The van der Waals surface area contributed by atoms with Crippen LogP contribution >= 0.6 is 0 Å². The van der Waals surface area contributed by atoms with Crippen molar-refractivity contribution in [3.8, 4) is 0 Å². The molecule has 49 heavy (non-hydrogen) atoms. The van der Waals surface area contributed by atoms with E-state index >= 15 is 0 Å². The number of ether oxygens (including phenoxy) is 4. The molecule has 0 aromatic carbocycles. The van der Waals surface area contributed by atoms with E-state index in [1.54, 1.807) is 6.92 Å². The molecule has 8 bridgehead atoms. The summed E-state index contributed by atoms with van der Waals surface area (Å²) >= 11 is 0. The van der Waals surface area contributed by atoms with Crippen LogP contribution in [0.3, 0.4) is 0 Å². The van der Waals surface area contributed by atoms with E-state index in [4.69, 9.17) is 18.9 Å². The summed E-state index contributed by atoms with van der Waals surface area (Å²) in [5.74, 6) is 0.657. The average Bonchev–Trinajstić information content (AvgIpc) is 2.94. The molecule has 5 unspecified atom stereocenters. The lowest BCUT2D eigenvalue weighted by molar-refractivity contribution is -0.248. The standard InChI is InChI=1S/C21H34O4.C19H30O5/c1-7-19(5,6)16(22)25-21-11-14-8-15(12-21)10-20(9-14,13-21)17(23)24-18(2,3)4;1-5-17(3,4)16(22)24-19-9-13-6-14(10-19)8-18(7-13,11-19)23-12(2)15(20)21/h14-15H,7-13H2,1-6H3;12-14H,5-11H2,1-4H3,(H,20,21). The Bertz CT molecular complexity index is 1280. The van der Waals surface area contributed by atoms with E-state index in [2.05, 4.69) is 0 Å². The van der Waals surface area contributed by atoms with Crippen LogP contribution in [0.25, 0.3) is 0 Å². The van der Waals surface area contributed by atoms with Crippen LogP contribution in [0.2, 0.25) is 0 Å². The molecular formula is C40H64O9. The second-order valence-corrected chi connectivity index (χ2v) is 19.6. The Balaban J connectivity index is 0.000000191. The van der Waals surface area contributed by atoms with Gasteiger partial charge in [0.25, 0.3) is 0 Å². The summed E-state index contributed by atoms with van der Waals surface area (Å²) in [5, 5.41) is 9.22. The third-order valence-corrected chi connectivity index (χ3v) is 13.1. The van der Waals surface area contributed by atoms with Crippen LogP contribution in [0.5, 0.6) is 0 Å². The van der Waals surface area contributed by atoms with E-state index in [1.807, 2.05) is 62.3 Å². The highest BCUT2D eigenvalue weighted by Crippen LogP contribution is 2.64. The van der Waals surface area contributed by atoms with Crippen molar-refractivity contribution in [3.63, 3.8) is 0 Å². The summed E-state index contributed by atoms with van der Waals surface area (Å²) in [6.45, 7) is 19.1. The Morgan fingerprint density at radius 2 is 1.04 bits per heavy atom. The summed E-state index contributed by atoms with van der Waals surface area (Å²) in [6, 6.07) is 0. The highest BCUT2D eigenvalue weighted by atomic mass is 16.6. The van der Waals surface area contributed by atoms with Gasteiger partial charge in [-0.15, -0.1) is 0 Å². The lowest BCUT2D eigenvalue weighted by Gasteiger charge is -2.61. The second-order valence-electron chi connectivity index (χ2n) is 19.6. The molecule has 0 spiro atoms. The molecule has 0 heterocycles. The van der Waals surface area contributed by atoms with E-state index in [1.165, 1.54) is 6.42 Å². The Hall–Kier alpha value is -2.16. The van der Waals surface area contributed by atoms with Crippen molar-refractivity contribution in [1.29, 1.82) is 0 Å². The van der Waals surface area contributed by atoms with Crippen molar-refractivity contribution in [2.45, 2.75) is 188 Å². The lowest BCUT2D eigenvalue weighted by atomic mass is 9.48. The summed E-state index contributed by atoms with van der Waals surface area (Å²) in [7, 11) is 0. The smallest absolute Gasteiger partial charge is 0.332 e. The lowest BCUT2D eigenvalue weighted by Crippen LogP contribution is -2.62. The van der Waals surface area contributed by atoms with Gasteiger partial charge in [0.15, 0.2) is 6.10 Å². The number of carboxylic acids is 1. The van der Waals surface area contributed by atoms with Crippen LogP contribution in [-0.2, 0) is 38.1 Å². The van der Waals surface area contributed by atoms with Gasteiger partial charge in [0.2, 0.25) is 0 Å². The van der Waals surface area contributed by atoms with Gasteiger partial charge in [0.1, 0.15) is 16.8 Å². The Morgan fingerprint density at radius 3 is 1.43 bits per heavy atom. The van der Waals surface area contributed by atoms with Gasteiger partial charge in [0, 0.05) is 12.8 Å². The van der Waals surface area contributed by atoms with Crippen molar-refractivity contribution >= 4 is 23.9 Å². The fraction of sp³-hybridized carbons (Fsp3) is 0.900. The van der Waals surface area contributed by atoms with Gasteiger partial charge in [-0.05, 0) is 156 Å². The molecule has 0 aromatic rings. The molecule has 8 rings (SSSR count). The molecule has 8 saturated carbocycles. The van der Waals surface area contributed by atoms with Crippen LogP contribution in [0.15, 0.2) is 0 Å². The fourth-order valence-electron chi connectivity index (χ4n) is 10.7. The molecule has 8 aliphatic carbocycles. The number of aliphatic carboxylic acids is 1. The SMILES string of the molecule is CCC(C)(C)C(=O)OC12CC3CC(C1)CC(C(=O)OC(C)(C)C)(C3)C2.CCC(C)(C)C(=O)OC12CC3CC(C1)CC(OC(C)C(=O)O)(C3)C2. The number of hydrogen-bond acceptors (Lipinski definition) is 8. The Kier molecular flexibility index (Phi) is 9.95. The molecule has 9 heteroatoms. The number of esters is 3. The zero-order chi connectivity index (χ0) is 36.4. The molecule has 8 fully saturated rings. The van der Waals surface area contributed by atoms with Crippen LogP contribution < -0.4 is 0 Å². The van der Waals surface area contributed by atoms with Gasteiger partial charge in [-0.2, -0.15) is 0 Å². The summed E-state index contributed by atoms with van der Waals surface area (Å²) in [6.07, 6.45) is 11.5. The molecule has 0 saturated heterocycles. The Morgan fingerprint density at radius 1 is 0.653 bits per heavy atom. The quantitative estimate of drug-likeness (QED) is 0.179. The molecule has 278 valence electrons. The van der Waals surface area contributed by atoms with Gasteiger partial charge < -0.3 is 24.1 Å². The van der Waals surface area contributed by atoms with Crippen molar-refractivity contribution in [3.05, 3.63) is 0 Å². The maximum Gasteiger partial charge on any atom is 0.332 e. The number of rotatable bonds is 10. The first-order chi connectivity index (χ1) is 22.5. The molecule has 0 aliphatic heterocycles. The zero-order valence-electron chi connectivity index (χ0n) is 32.0. The van der Waals surface area contributed by atoms with Gasteiger partial charge in [-0.25, -0.2) is 4.79 Å². The monoisotopic (exact) mass is 688 g/mol. The average molecular weight is 689 g/mol. The van der Waals surface area contributed by atoms with Crippen LogP contribution in [0, 0.1) is 39.9 Å². The van der Waals surface area contributed by atoms with Crippen molar-refractivity contribution in [2.75, 3.05) is 0 Å². The number of carbonyl (C=O) groups is 4. The van der Waals surface area contributed by atoms with E-state index in [0.717, 1.165) is 70.6 Å². The number of carboxylic acid groups (broad SMARTS) is 1. The Labute approximate surface area is 294 Å². The zero-order valence-corrected chi connectivity index (χ0v) is 32.0. The maximum atomic E-state index is 13.0.